The number of carboxylic acids is 1. The largest absolute Gasteiger partial charge is 0.481 e. The van der Waals surface area contributed by atoms with Crippen molar-refractivity contribution in [3.8, 4) is 11.4 Å². The summed E-state index contributed by atoms with van der Waals surface area (Å²) in [5.74, 6) is -0.937. The lowest BCUT2D eigenvalue weighted by atomic mass is 10.3. The van der Waals surface area contributed by atoms with E-state index in [0.29, 0.717) is 10.9 Å². The topological polar surface area (TPSA) is 76.0 Å². The molecule has 0 aromatic carbocycles. The summed E-state index contributed by atoms with van der Waals surface area (Å²) in [6.07, 6.45) is 3.28. The number of thioether (sulfide) groups is 1. The van der Waals surface area contributed by atoms with Gasteiger partial charge in [-0.2, -0.15) is 0 Å². The van der Waals surface area contributed by atoms with Gasteiger partial charge in [-0.25, -0.2) is 9.97 Å². The third kappa shape index (κ3) is 3.25. The van der Waals surface area contributed by atoms with Gasteiger partial charge in [0.1, 0.15) is 0 Å². The van der Waals surface area contributed by atoms with Crippen LogP contribution >= 0.6 is 11.8 Å². The maximum absolute atomic E-state index is 10.4. The zero-order valence-electron chi connectivity index (χ0n) is 8.78. The van der Waals surface area contributed by atoms with Gasteiger partial charge in [0.05, 0.1) is 17.1 Å². The molecule has 0 spiro atoms. The number of hydrogen-bond donors (Lipinski definition) is 1. The van der Waals surface area contributed by atoms with Crippen molar-refractivity contribution >= 4 is 17.7 Å². The highest BCUT2D eigenvalue weighted by Crippen LogP contribution is 2.17. The fourth-order valence-electron chi connectivity index (χ4n) is 1.19. The van der Waals surface area contributed by atoms with Crippen molar-refractivity contribution in [1.29, 1.82) is 0 Å². The number of carbonyl (C=O) groups is 1. The Labute approximate surface area is 102 Å². The first-order valence-corrected chi connectivity index (χ1v) is 5.83. The maximum Gasteiger partial charge on any atom is 0.313 e. The highest BCUT2D eigenvalue weighted by atomic mass is 32.2. The molecule has 0 aliphatic heterocycles. The molecule has 2 aromatic rings. The summed E-state index contributed by atoms with van der Waals surface area (Å²) in [5, 5.41) is 9.01. The Bertz CT molecular complexity index is 519. The van der Waals surface area contributed by atoms with Crippen LogP contribution in [-0.4, -0.2) is 31.8 Å². The Morgan fingerprint density at radius 1 is 1.18 bits per heavy atom. The minimum Gasteiger partial charge on any atom is -0.481 e. The Morgan fingerprint density at radius 2 is 2.06 bits per heavy atom. The molecule has 2 rings (SSSR count). The van der Waals surface area contributed by atoms with Crippen molar-refractivity contribution in [2.24, 2.45) is 0 Å². The van der Waals surface area contributed by atoms with Crippen LogP contribution in [-0.2, 0) is 4.79 Å². The van der Waals surface area contributed by atoms with Gasteiger partial charge in [0.2, 0.25) is 0 Å². The second-order valence-electron chi connectivity index (χ2n) is 3.12. The molecule has 0 fully saturated rings. The summed E-state index contributed by atoms with van der Waals surface area (Å²) in [4.78, 5) is 22.8. The van der Waals surface area contributed by atoms with Crippen LogP contribution in [0.15, 0.2) is 41.8 Å². The first-order chi connectivity index (χ1) is 8.25. The molecular formula is C11H9N3O2S. The van der Waals surface area contributed by atoms with Gasteiger partial charge in [-0.3, -0.25) is 9.78 Å². The Morgan fingerprint density at radius 3 is 2.76 bits per heavy atom. The fourth-order valence-corrected chi connectivity index (χ4v) is 1.74. The minimum atomic E-state index is -0.887. The zero-order chi connectivity index (χ0) is 12.1. The third-order valence-electron chi connectivity index (χ3n) is 1.89. The van der Waals surface area contributed by atoms with E-state index in [0.717, 1.165) is 17.5 Å². The second-order valence-corrected chi connectivity index (χ2v) is 4.06. The fraction of sp³-hybridized carbons (Fsp3) is 0.0909. The number of rotatable bonds is 4. The molecule has 0 radical (unpaired) electrons. The molecule has 0 unspecified atom stereocenters. The van der Waals surface area contributed by atoms with Gasteiger partial charge < -0.3 is 5.11 Å². The molecule has 1 N–H and O–H groups in total. The SMILES string of the molecule is O=C(O)CSc1nccc(-c2ccccn2)n1. The third-order valence-corrected chi connectivity index (χ3v) is 2.73. The van der Waals surface area contributed by atoms with Crippen LogP contribution in [0.25, 0.3) is 11.4 Å². The number of aromatic nitrogens is 3. The molecule has 0 saturated carbocycles. The number of pyridine rings is 1. The lowest BCUT2D eigenvalue weighted by Gasteiger charge is -2.01. The van der Waals surface area contributed by atoms with E-state index in [9.17, 15) is 4.79 Å². The van der Waals surface area contributed by atoms with E-state index in [2.05, 4.69) is 15.0 Å². The average molecular weight is 247 g/mol. The van der Waals surface area contributed by atoms with Gasteiger partial charge >= 0.3 is 5.97 Å². The standard InChI is InChI=1S/C11H9N3O2S/c15-10(16)7-17-11-13-6-4-9(14-11)8-3-1-2-5-12-8/h1-6H,7H2,(H,15,16). The van der Waals surface area contributed by atoms with E-state index < -0.39 is 5.97 Å². The van der Waals surface area contributed by atoms with Gasteiger partial charge in [0.15, 0.2) is 5.16 Å². The highest BCUT2D eigenvalue weighted by Gasteiger charge is 2.05. The van der Waals surface area contributed by atoms with Crippen LogP contribution in [0.1, 0.15) is 0 Å². The van der Waals surface area contributed by atoms with Crippen molar-refractivity contribution in [2.45, 2.75) is 5.16 Å². The quantitative estimate of drug-likeness (QED) is 0.654. The van der Waals surface area contributed by atoms with Crippen molar-refractivity contribution in [3.63, 3.8) is 0 Å². The molecule has 2 aromatic heterocycles. The van der Waals surface area contributed by atoms with Crippen LogP contribution in [0.3, 0.4) is 0 Å². The Balaban J connectivity index is 2.20. The van der Waals surface area contributed by atoms with Crippen LogP contribution in [0.4, 0.5) is 0 Å². The molecule has 0 saturated heterocycles. The molecule has 2 heterocycles. The summed E-state index contributed by atoms with van der Waals surface area (Å²) >= 11 is 1.09. The minimum absolute atomic E-state index is 0.0499. The lowest BCUT2D eigenvalue weighted by molar-refractivity contribution is -0.133. The van der Waals surface area contributed by atoms with Crippen molar-refractivity contribution in [2.75, 3.05) is 5.75 Å². The van der Waals surface area contributed by atoms with Crippen molar-refractivity contribution < 1.29 is 9.90 Å². The zero-order valence-corrected chi connectivity index (χ0v) is 9.59. The van der Waals surface area contributed by atoms with Gasteiger partial charge in [0.25, 0.3) is 0 Å². The van der Waals surface area contributed by atoms with E-state index in [-0.39, 0.29) is 5.75 Å². The molecule has 86 valence electrons. The van der Waals surface area contributed by atoms with E-state index >= 15 is 0 Å². The van der Waals surface area contributed by atoms with Crippen molar-refractivity contribution in [1.82, 2.24) is 15.0 Å². The van der Waals surface area contributed by atoms with Crippen LogP contribution in [0.5, 0.6) is 0 Å². The molecule has 17 heavy (non-hydrogen) atoms. The first-order valence-electron chi connectivity index (χ1n) is 4.85. The lowest BCUT2D eigenvalue weighted by Crippen LogP contribution is -1.99. The number of carboxylic acid groups (broad SMARTS) is 1. The smallest absolute Gasteiger partial charge is 0.313 e. The summed E-state index contributed by atoms with van der Waals surface area (Å²) in [6.45, 7) is 0. The molecule has 0 aliphatic rings. The normalized spacial score (nSPS) is 10.1. The van der Waals surface area contributed by atoms with Gasteiger partial charge in [-0.05, 0) is 18.2 Å². The summed E-state index contributed by atoms with van der Waals surface area (Å²) in [7, 11) is 0. The predicted octanol–water partition coefficient (Wildman–Crippen LogP) is 1.72. The highest BCUT2D eigenvalue weighted by molar-refractivity contribution is 7.99. The van der Waals surface area contributed by atoms with E-state index in [1.807, 2.05) is 18.2 Å². The van der Waals surface area contributed by atoms with E-state index in [1.165, 1.54) is 0 Å². The summed E-state index contributed by atoms with van der Waals surface area (Å²) in [5.41, 5.74) is 1.43. The second kappa shape index (κ2) is 5.40. The van der Waals surface area contributed by atoms with Gasteiger partial charge in [-0.15, -0.1) is 0 Å². The van der Waals surface area contributed by atoms with E-state index in [4.69, 9.17) is 5.11 Å². The van der Waals surface area contributed by atoms with Gasteiger partial charge in [0, 0.05) is 12.4 Å². The molecule has 6 heteroatoms. The summed E-state index contributed by atoms with van der Waals surface area (Å²) < 4.78 is 0. The number of aliphatic carboxylic acids is 1. The average Bonchev–Trinajstić information content (AvgIpc) is 2.38. The molecule has 0 amide bonds. The van der Waals surface area contributed by atoms with Gasteiger partial charge in [-0.1, -0.05) is 17.8 Å². The molecular weight excluding hydrogens is 238 g/mol. The molecule has 0 bridgehead atoms. The molecule has 0 atom stereocenters. The van der Waals surface area contributed by atoms with Crippen molar-refractivity contribution in [3.05, 3.63) is 36.7 Å². The molecule has 0 aliphatic carbocycles. The maximum atomic E-state index is 10.4. The summed E-state index contributed by atoms with van der Waals surface area (Å²) in [6, 6.07) is 7.28. The van der Waals surface area contributed by atoms with Crippen LogP contribution in [0, 0.1) is 0 Å². The number of nitrogens with zero attached hydrogens (tertiary/aromatic N) is 3. The first kappa shape index (κ1) is 11.5. The van der Waals surface area contributed by atoms with Crippen LogP contribution in [0.2, 0.25) is 0 Å². The molecule has 5 nitrogen and oxygen atoms in total. The van der Waals surface area contributed by atoms with Crippen LogP contribution < -0.4 is 0 Å². The van der Waals surface area contributed by atoms with E-state index in [1.54, 1.807) is 18.5 Å². The Hall–Kier alpha value is -1.95. The predicted molar refractivity (Wildman–Crippen MR) is 63.6 cm³/mol. The Kier molecular flexibility index (Phi) is 3.66. The number of hydrogen-bond acceptors (Lipinski definition) is 5. The monoisotopic (exact) mass is 247 g/mol.